The molecule has 0 aliphatic heterocycles. The van der Waals surface area contributed by atoms with E-state index in [1.165, 1.54) is 0 Å². The SMILES string of the molecule is CC(C)(C)[Si](C)(C)O[C@@H](C#C[Si](C)(C)C)CC=C(Br)Br. The van der Waals surface area contributed by atoms with E-state index in [1.807, 2.05) is 0 Å². The largest absolute Gasteiger partial charge is 0.403 e. The lowest BCUT2D eigenvalue weighted by molar-refractivity contribution is 0.236. The van der Waals surface area contributed by atoms with Crippen molar-refractivity contribution in [2.45, 2.75) is 71.1 Å². The van der Waals surface area contributed by atoms with Gasteiger partial charge in [-0.05, 0) is 50.0 Å². The fourth-order valence-electron chi connectivity index (χ4n) is 1.16. The predicted octanol–water partition coefficient (Wildman–Crippen LogP) is 6.28. The fourth-order valence-corrected chi connectivity index (χ4v) is 3.35. The summed E-state index contributed by atoms with van der Waals surface area (Å²) in [5.41, 5.74) is 3.45. The van der Waals surface area contributed by atoms with Crippen LogP contribution in [0.5, 0.6) is 0 Å². The van der Waals surface area contributed by atoms with E-state index in [0.717, 1.165) is 9.81 Å². The molecule has 5 heteroatoms. The van der Waals surface area contributed by atoms with Crippen LogP contribution in [0.2, 0.25) is 37.8 Å². The molecule has 0 spiro atoms. The first-order chi connectivity index (χ1) is 8.74. The molecule has 0 aliphatic carbocycles. The summed E-state index contributed by atoms with van der Waals surface area (Å²) in [7, 11) is -3.15. The van der Waals surface area contributed by atoms with Crippen LogP contribution in [-0.4, -0.2) is 22.5 Å². The van der Waals surface area contributed by atoms with E-state index in [0.29, 0.717) is 0 Å². The molecular formula is C15H28Br2OSi2. The maximum absolute atomic E-state index is 6.45. The monoisotopic (exact) mass is 438 g/mol. The van der Waals surface area contributed by atoms with Gasteiger partial charge in [0.05, 0.1) is 3.39 Å². The Hall–Kier alpha value is 0.654. The summed E-state index contributed by atoms with van der Waals surface area (Å²) >= 11 is 6.81. The van der Waals surface area contributed by atoms with Crippen molar-refractivity contribution in [2.24, 2.45) is 0 Å². The van der Waals surface area contributed by atoms with Crippen molar-refractivity contribution in [3.63, 3.8) is 0 Å². The van der Waals surface area contributed by atoms with E-state index < -0.39 is 16.4 Å². The van der Waals surface area contributed by atoms with Crippen molar-refractivity contribution in [1.29, 1.82) is 0 Å². The molecule has 0 rings (SSSR count). The van der Waals surface area contributed by atoms with Crippen LogP contribution in [0, 0.1) is 11.5 Å². The van der Waals surface area contributed by atoms with Gasteiger partial charge in [-0.2, -0.15) is 0 Å². The minimum atomic E-state index is -1.78. The van der Waals surface area contributed by atoms with Gasteiger partial charge >= 0.3 is 0 Å². The minimum Gasteiger partial charge on any atom is -0.403 e. The molecule has 116 valence electrons. The molecule has 0 amide bonds. The van der Waals surface area contributed by atoms with Gasteiger partial charge in [-0.25, -0.2) is 0 Å². The Labute approximate surface area is 144 Å². The van der Waals surface area contributed by atoms with Gasteiger partial charge in [-0.3, -0.25) is 0 Å². The van der Waals surface area contributed by atoms with Crippen LogP contribution in [0.1, 0.15) is 27.2 Å². The lowest BCUT2D eigenvalue weighted by Crippen LogP contribution is -2.43. The molecule has 0 saturated carbocycles. The number of hydrogen-bond acceptors (Lipinski definition) is 1. The Balaban J connectivity index is 5.14. The van der Waals surface area contributed by atoms with Gasteiger partial charge < -0.3 is 4.43 Å². The van der Waals surface area contributed by atoms with Crippen molar-refractivity contribution >= 4 is 48.3 Å². The molecule has 0 saturated heterocycles. The summed E-state index contributed by atoms with van der Waals surface area (Å²) in [6.45, 7) is 18.1. The molecule has 0 heterocycles. The van der Waals surface area contributed by atoms with Crippen molar-refractivity contribution in [3.05, 3.63) is 9.47 Å². The van der Waals surface area contributed by atoms with Crippen LogP contribution in [0.25, 0.3) is 0 Å². The third-order valence-electron chi connectivity index (χ3n) is 3.34. The summed E-state index contributed by atoms with van der Waals surface area (Å²) < 4.78 is 7.41. The molecule has 0 aromatic carbocycles. The molecule has 0 radical (unpaired) electrons. The molecule has 20 heavy (non-hydrogen) atoms. The van der Waals surface area contributed by atoms with E-state index in [9.17, 15) is 0 Å². The zero-order valence-corrected chi connectivity index (χ0v) is 19.2. The first-order valence-electron chi connectivity index (χ1n) is 6.96. The molecule has 0 unspecified atom stereocenters. The predicted molar refractivity (Wildman–Crippen MR) is 104 cm³/mol. The van der Waals surface area contributed by atoms with Crippen molar-refractivity contribution < 1.29 is 4.43 Å². The Kier molecular flexibility index (Phi) is 8.03. The van der Waals surface area contributed by atoms with E-state index in [1.54, 1.807) is 0 Å². The molecule has 1 nitrogen and oxygen atoms in total. The van der Waals surface area contributed by atoms with Gasteiger partial charge in [0.2, 0.25) is 0 Å². The normalized spacial score (nSPS) is 14.3. The first kappa shape index (κ1) is 20.7. The van der Waals surface area contributed by atoms with Crippen LogP contribution < -0.4 is 0 Å². The second-order valence-electron chi connectivity index (χ2n) is 7.62. The average Bonchev–Trinajstić information content (AvgIpc) is 2.18. The van der Waals surface area contributed by atoms with Gasteiger partial charge in [-0.15, -0.1) is 5.54 Å². The van der Waals surface area contributed by atoms with E-state index in [2.05, 4.69) is 103 Å². The molecule has 0 aromatic heterocycles. The molecule has 0 aliphatic rings. The van der Waals surface area contributed by atoms with Gasteiger partial charge in [0, 0.05) is 6.42 Å². The van der Waals surface area contributed by atoms with Crippen LogP contribution in [-0.2, 0) is 4.43 Å². The highest BCUT2D eigenvalue weighted by molar-refractivity contribution is 9.28. The molecular weight excluding hydrogens is 412 g/mol. The van der Waals surface area contributed by atoms with Crippen molar-refractivity contribution in [1.82, 2.24) is 0 Å². The summed E-state index contributed by atoms with van der Waals surface area (Å²) in [5, 5.41) is 0.210. The second-order valence-corrected chi connectivity index (χ2v) is 19.9. The number of hydrogen-bond donors (Lipinski definition) is 0. The highest BCUT2D eigenvalue weighted by atomic mass is 79.9. The smallest absolute Gasteiger partial charge is 0.193 e. The highest BCUT2D eigenvalue weighted by Gasteiger charge is 2.38. The molecule has 0 aromatic rings. The minimum absolute atomic E-state index is 0.00674. The Bertz CT molecular complexity index is 402. The van der Waals surface area contributed by atoms with Crippen LogP contribution in [0.4, 0.5) is 0 Å². The lowest BCUT2D eigenvalue weighted by Gasteiger charge is -2.38. The van der Waals surface area contributed by atoms with Crippen molar-refractivity contribution in [3.8, 4) is 11.5 Å². The zero-order valence-electron chi connectivity index (χ0n) is 14.0. The fraction of sp³-hybridized carbons (Fsp3) is 0.733. The number of halogens is 2. The maximum Gasteiger partial charge on any atom is 0.193 e. The number of rotatable bonds is 4. The summed E-state index contributed by atoms with van der Waals surface area (Å²) in [6, 6.07) is 0. The highest BCUT2D eigenvalue weighted by Crippen LogP contribution is 2.37. The second kappa shape index (κ2) is 7.78. The molecule has 0 bridgehead atoms. The molecule has 1 atom stereocenters. The van der Waals surface area contributed by atoms with Gasteiger partial charge in [-0.1, -0.05) is 52.4 Å². The summed E-state index contributed by atoms with van der Waals surface area (Å²) in [4.78, 5) is 0. The van der Waals surface area contributed by atoms with Crippen LogP contribution >= 0.6 is 31.9 Å². The topological polar surface area (TPSA) is 9.23 Å². The van der Waals surface area contributed by atoms with Crippen LogP contribution in [0.15, 0.2) is 9.47 Å². The third-order valence-corrected chi connectivity index (χ3v) is 9.37. The third kappa shape index (κ3) is 8.83. The van der Waals surface area contributed by atoms with Crippen LogP contribution in [0.3, 0.4) is 0 Å². The van der Waals surface area contributed by atoms with Gasteiger partial charge in [0.1, 0.15) is 14.2 Å². The summed E-state index contributed by atoms with van der Waals surface area (Å²) in [6.07, 6.45) is 2.89. The zero-order chi connectivity index (χ0) is 16.2. The van der Waals surface area contributed by atoms with E-state index >= 15 is 0 Å². The maximum atomic E-state index is 6.45. The Morgan fingerprint density at radius 3 is 2.00 bits per heavy atom. The van der Waals surface area contributed by atoms with Gasteiger partial charge in [0.15, 0.2) is 8.32 Å². The summed E-state index contributed by atoms with van der Waals surface area (Å²) in [5.74, 6) is 3.38. The molecule has 0 N–H and O–H groups in total. The standard InChI is InChI=1S/C15H28Br2OSi2/c1-15(2,3)20(7,8)18-13(9-10-14(16)17)11-12-19(4,5)6/h10,13H,9H2,1-8H3/t13-/m1/s1. The molecule has 0 fully saturated rings. The van der Waals surface area contributed by atoms with E-state index in [-0.39, 0.29) is 11.1 Å². The average molecular weight is 440 g/mol. The Morgan fingerprint density at radius 1 is 1.15 bits per heavy atom. The quantitative estimate of drug-likeness (QED) is 0.369. The van der Waals surface area contributed by atoms with Crippen molar-refractivity contribution in [2.75, 3.05) is 0 Å². The van der Waals surface area contributed by atoms with E-state index in [4.69, 9.17) is 4.43 Å². The lowest BCUT2D eigenvalue weighted by atomic mass is 10.2. The Morgan fingerprint density at radius 2 is 1.65 bits per heavy atom. The first-order valence-corrected chi connectivity index (χ1v) is 15.0. The van der Waals surface area contributed by atoms with Gasteiger partial charge in [0.25, 0.3) is 0 Å².